The Labute approximate surface area is 126 Å². The van der Waals surface area contributed by atoms with Crippen LogP contribution in [0.15, 0.2) is 16.8 Å². The normalized spacial score (nSPS) is 14.6. The van der Waals surface area contributed by atoms with Crippen LogP contribution >= 0.6 is 11.3 Å². The number of hydrogen-bond donors (Lipinski definition) is 2. The molecule has 2 unspecified atom stereocenters. The van der Waals surface area contributed by atoms with Crippen LogP contribution in [0.5, 0.6) is 0 Å². The average Bonchev–Trinajstić information content (AvgIpc) is 2.90. The third kappa shape index (κ3) is 4.89. The number of carbonyl (C=O) groups excluding carboxylic acids is 1. The second-order valence-electron chi connectivity index (χ2n) is 5.36. The van der Waals surface area contributed by atoms with Crippen molar-refractivity contribution in [3.63, 3.8) is 0 Å². The van der Waals surface area contributed by atoms with Crippen LogP contribution < -0.4 is 11.1 Å². The lowest BCUT2D eigenvalue weighted by Gasteiger charge is -2.34. The number of rotatable bonds is 8. The molecule has 114 valence electrons. The van der Waals surface area contributed by atoms with Gasteiger partial charge < -0.3 is 11.1 Å². The Morgan fingerprint density at radius 1 is 1.45 bits per heavy atom. The number of hydrogen-bond acceptors (Lipinski definition) is 4. The number of thiophene rings is 1. The van der Waals surface area contributed by atoms with Crippen molar-refractivity contribution in [2.45, 2.75) is 52.2 Å². The molecule has 1 rings (SSSR count). The zero-order chi connectivity index (χ0) is 15.1. The molecule has 0 aromatic carbocycles. The van der Waals surface area contributed by atoms with Gasteiger partial charge in [0.05, 0.1) is 12.6 Å². The van der Waals surface area contributed by atoms with Crippen LogP contribution in [0.2, 0.25) is 0 Å². The van der Waals surface area contributed by atoms with Crippen molar-refractivity contribution in [2.24, 2.45) is 5.73 Å². The van der Waals surface area contributed by atoms with Crippen molar-refractivity contribution < 1.29 is 4.79 Å². The zero-order valence-corrected chi connectivity index (χ0v) is 13.7. The molecule has 2 atom stereocenters. The Hall–Kier alpha value is -0.910. The number of amides is 1. The largest absolute Gasteiger partial charge is 0.353 e. The van der Waals surface area contributed by atoms with E-state index in [4.69, 9.17) is 5.73 Å². The molecule has 1 aromatic heterocycles. The molecular weight excluding hydrogens is 270 g/mol. The molecule has 0 spiro atoms. The van der Waals surface area contributed by atoms with E-state index in [1.54, 1.807) is 11.3 Å². The highest BCUT2D eigenvalue weighted by molar-refractivity contribution is 7.07. The Bertz CT molecular complexity index is 392. The lowest BCUT2D eigenvalue weighted by atomic mass is 9.98. The van der Waals surface area contributed by atoms with E-state index in [9.17, 15) is 4.79 Å². The molecule has 1 aromatic rings. The molecule has 0 saturated carbocycles. The van der Waals surface area contributed by atoms with Gasteiger partial charge in [-0.05, 0) is 49.2 Å². The number of carbonyl (C=O) groups is 1. The molecule has 0 aliphatic heterocycles. The fourth-order valence-electron chi connectivity index (χ4n) is 2.35. The maximum absolute atomic E-state index is 12.0. The first-order valence-corrected chi connectivity index (χ1v) is 8.24. The first-order chi connectivity index (χ1) is 9.49. The third-order valence-corrected chi connectivity index (χ3v) is 4.06. The quantitative estimate of drug-likeness (QED) is 0.774. The first-order valence-electron chi connectivity index (χ1n) is 7.30. The third-order valence-electron chi connectivity index (χ3n) is 3.36. The minimum Gasteiger partial charge on any atom is -0.353 e. The van der Waals surface area contributed by atoms with E-state index in [0.717, 1.165) is 13.0 Å². The van der Waals surface area contributed by atoms with Crippen molar-refractivity contribution in [1.82, 2.24) is 10.2 Å². The molecule has 3 N–H and O–H groups in total. The van der Waals surface area contributed by atoms with E-state index in [1.165, 1.54) is 5.56 Å². The van der Waals surface area contributed by atoms with Gasteiger partial charge >= 0.3 is 0 Å². The van der Waals surface area contributed by atoms with Crippen molar-refractivity contribution in [2.75, 3.05) is 13.1 Å². The minimum atomic E-state index is 0.0383. The summed E-state index contributed by atoms with van der Waals surface area (Å²) >= 11 is 1.67. The summed E-state index contributed by atoms with van der Waals surface area (Å²) in [4.78, 5) is 14.2. The van der Waals surface area contributed by atoms with Gasteiger partial charge in [-0.1, -0.05) is 13.8 Å². The fraction of sp³-hybridized carbons (Fsp3) is 0.667. The second kappa shape index (κ2) is 8.39. The van der Waals surface area contributed by atoms with Crippen molar-refractivity contribution in [3.05, 3.63) is 22.4 Å². The highest BCUT2D eigenvalue weighted by Crippen LogP contribution is 2.26. The Kier molecular flexibility index (Phi) is 7.19. The summed E-state index contributed by atoms with van der Waals surface area (Å²) in [6.07, 6.45) is 0.892. The molecule has 1 amide bonds. The summed E-state index contributed by atoms with van der Waals surface area (Å²) in [6, 6.07) is 2.42. The van der Waals surface area contributed by atoms with E-state index < -0.39 is 0 Å². The van der Waals surface area contributed by atoms with Gasteiger partial charge in [-0.2, -0.15) is 11.3 Å². The standard InChI is InChI=1S/C15H27N3OS/c1-5-13(16)15(12-7-8-20-10-12)18(6-2)9-14(19)17-11(3)4/h7-8,10-11,13,15H,5-6,9,16H2,1-4H3,(H,17,19). The fourth-order valence-corrected chi connectivity index (χ4v) is 3.04. The van der Waals surface area contributed by atoms with Crippen molar-refractivity contribution in [3.8, 4) is 0 Å². The van der Waals surface area contributed by atoms with E-state index in [-0.39, 0.29) is 24.0 Å². The maximum atomic E-state index is 12.0. The van der Waals surface area contributed by atoms with Crippen LogP contribution in [0.1, 0.15) is 45.7 Å². The second-order valence-corrected chi connectivity index (χ2v) is 6.14. The highest BCUT2D eigenvalue weighted by atomic mass is 32.1. The first kappa shape index (κ1) is 17.1. The predicted molar refractivity (Wildman–Crippen MR) is 85.9 cm³/mol. The van der Waals surface area contributed by atoms with Crippen LogP contribution in [-0.4, -0.2) is 36.0 Å². The summed E-state index contributed by atoms with van der Waals surface area (Å²) in [5.41, 5.74) is 7.50. The van der Waals surface area contributed by atoms with Gasteiger partial charge in [0.2, 0.25) is 5.91 Å². The van der Waals surface area contributed by atoms with Gasteiger partial charge in [0, 0.05) is 12.1 Å². The number of likely N-dealkylation sites (N-methyl/N-ethyl adjacent to an activating group) is 1. The lowest BCUT2D eigenvalue weighted by molar-refractivity contribution is -0.123. The smallest absolute Gasteiger partial charge is 0.234 e. The van der Waals surface area contributed by atoms with Gasteiger partial charge in [-0.3, -0.25) is 9.69 Å². The maximum Gasteiger partial charge on any atom is 0.234 e. The summed E-state index contributed by atoms with van der Waals surface area (Å²) in [7, 11) is 0. The van der Waals surface area contributed by atoms with Gasteiger partial charge in [0.15, 0.2) is 0 Å². The molecule has 1 heterocycles. The molecule has 0 aliphatic carbocycles. The van der Waals surface area contributed by atoms with Crippen LogP contribution in [0, 0.1) is 0 Å². The van der Waals surface area contributed by atoms with E-state index >= 15 is 0 Å². The Morgan fingerprint density at radius 3 is 2.60 bits per heavy atom. The summed E-state index contributed by atoms with van der Waals surface area (Å²) < 4.78 is 0. The number of nitrogens with two attached hydrogens (primary N) is 1. The van der Waals surface area contributed by atoms with Crippen LogP contribution in [0.3, 0.4) is 0 Å². The van der Waals surface area contributed by atoms with Crippen molar-refractivity contribution >= 4 is 17.2 Å². The highest BCUT2D eigenvalue weighted by Gasteiger charge is 2.26. The molecule has 0 radical (unpaired) electrons. The molecule has 20 heavy (non-hydrogen) atoms. The van der Waals surface area contributed by atoms with E-state index in [2.05, 4.69) is 40.9 Å². The molecular formula is C15H27N3OS. The number of nitrogens with one attached hydrogen (secondary N) is 1. The van der Waals surface area contributed by atoms with Crippen LogP contribution in [0.25, 0.3) is 0 Å². The zero-order valence-electron chi connectivity index (χ0n) is 12.9. The molecule has 4 nitrogen and oxygen atoms in total. The van der Waals surface area contributed by atoms with Gasteiger partial charge in [-0.25, -0.2) is 0 Å². The van der Waals surface area contributed by atoms with Gasteiger partial charge in [-0.15, -0.1) is 0 Å². The Balaban J connectivity index is 2.83. The van der Waals surface area contributed by atoms with Crippen molar-refractivity contribution in [1.29, 1.82) is 0 Å². The minimum absolute atomic E-state index is 0.0383. The molecule has 0 bridgehead atoms. The summed E-state index contributed by atoms with van der Waals surface area (Å²) in [5.74, 6) is 0.0605. The predicted octanol–water partition coefficient (Wildman–Crippen LogP) is 2.37. The van der Waals surface area contributed by atoms with E-state index in [0.29, 0.717) is 6.54 Å². The van der Waals surface area contributed by atoms with Gasteiger partial charge in [0.1, 0.15) is 0 Å². The molecule has 0 aliphatic rings. The Morgan fingerprint density at radius 2 is 2.15 bits per heavy atom. The van der Waals surface area contributed by atoms with Gasteiger partial charge in [0.25, 0.3) is 0 Å². The topological polar surface area (TPSA) is 58.4 Å². The monoisotopic (exact) mass is 297 g/mol. The summed E-state index contributed by atoms with van der Waals surface area (Å²) in [5, 5.41) is 7.14. The SMILES string of the molecule is CCC(N)C(c1ccsc1)N(CC)CC(=O)NC(C)C. The number of nitrogens with zero attached hydrogens (tertiary/aromatic N) is 1. The average molecular weight is 297 g/mol. The van der Waals surface area contributed by atoms with Crippen LogP contribution in [-0.2, 0) is 4.79 Å². The molecule has 5 heteroatoms. The summed E-state index contributed by atoms with van der Waals surface area (Å²) in [6.45, 7) is 9.31. The van der Waals surface area contributed by atoms with E-state index in [1.807, 2.05) is 13.8 Å². The molecule has 0 saturated heterocycles. The lowest BCUT2D eigenvalue weighted by Crippen LogP contribution is -2.46. The van der Waals surface area contributed by atoms with Crippen LogP contribution in [0.4, 0.5) is 0 Å². The molecule has 0 fully saturated rings.